The molecular formula is C26H31N2O+. The van der Waals surface area contributed by atoms with Gasteiger partial charge in [-0.15, -0.1) is 0 Å². The molecule has 4 rings (SSSR count). The van der Waals surface area contributed by atoms with Crippen molar-refractivity contribution in [1.29, 1.82) is 0 Å². The van der Waals surface area contributed by atoms with Crippen LogP contribution in [0.15, 0.2) is 47.0 Å². The number of aryl methyl sites for hydroxylation is 2. The molecule has 3 aromatic heterocycles. The summed E-state index contributed by atoms with van der Waals surface area (Å²) in [4.78, 5) is 4.63. The Labute approximate surface area is 177 Å². The van der Waals surface area contributed by atoms with Gasteiger partial charge in [-0.05, 0) is 48.4 Å². The van der Waals surface area contributed by atoms with Crippen molar-refractivity contribution in [3.05, 3.63) is 59.4 Å². The average molecular weight is 391 g/mol. The molecule has 4 aromatic rings. The fraction of sp³-hybridized carbons (Fsp3) is 0.385. The second-order valence-electron chi connectivity index (χ2n) is 9.07. The number of fused-ring (bicyclic) bond motifs is 3. The molecule has 29 heavy (non-hydrogen) atoms. The second kappa shape index (κ2) is 6.98. The van der Waals surface area contributed by atoms with E-state index in [0.717, 1.165) is 33.2 Å². The highest BCUT2D eigenvalue weighted by molar-refractivity contribution is 6.08. The molecule has 0 atom stereocenters. The molecule has 0 unspecified atom stereocenters. The van der Waals surface area contributed by atoms with Crippen molar-refractivity contribution in [2.24, 2.45) is 12.5 Å². The van der Waals surface area contributed by atoms with E-state index in [9.17, 15) is 0 Å². The maximum Gasteiger partial charge on any atom is 0.227 e. The Hall–Kier alpha value is -2.68. The highest BCUT2D eigenvalue weighted by atomic mass is 16.3. The summed E-state index contributed by atoms with van der Waals surface area (Å²) in [5.41, 5.74) is 5.07. The van der Waals surface area contributed by atoms with Gasteiger partial charge in [-0.2, -0.15) is 0 Å². The standard InChI is InChI=1S/C26H31N2O/c1-16(2)21-12-11-20-19-10-8-17(3)23(24(19)29-25(20)27-21)22-13-9-18(15-28(22)7)14-26(4,5)6/h8-13,15-16H,14H2,1-7H3/q+1/i14D2,16D. The molecule has 0 amide bonds. The van der Waals surface area contributed by atoms with Gasteiger partial charge in [0.15, 0.2) is 11.8 Å². The molecule has 1 aromatic carbocycles. The number of furan rings is 1. The van der Waals surface area contributed by atoms with Crippen LogP contribution in [0.1, 0.15) is 61.4 Å². The minimum Gasteiger partial charge on any atom is -0.437 e. The van der Waals surface area contributed by atoms with Crippen LogP contribution in [0.2, 0.25) is 0 Å². The molecule has 0 aliphatic heterocycles. The molecule has 0 N–H and O–H groups in total. The molecule has 150 valence electrons. The Bertz CT molecular complexity index is 1340. The van der Waals surface area contributed by atoms with Crippen LogP contribution in [0.3, 0.4) is 0 Å². The van der Waals surface area contributed by atoms with Crippen molar-refractivity contribution in [1.82, 2.24) is 4.98 Å². The van der Waals surface area contributed by atoms with E-state index < -0.39 is 17.7 Å². The lowest BCUT2D eigenvalue weighted by atomic mass is 9.88. The van der Waals surface area contributed by atoms with Crippen molar-refractivity contribution in [2.75, 3.05) is 0 Å². The summed E-state index contributed by atoms with van der Waals surface area (Å²) >= 11 is 0. The van der Waals surface area contributed by atoms with Crippen molar-refractivity contribution >= 4 is 22.1 Å². The molecule has 0 saturated carbocycles. The van der Waals surface area contributed by atoms with Crippen LogP contribution in [0.5, 0.6) is 0 Å². The second-order valence-corrected chi connectivity index (χ2v) is 9.07. The third-order valence-electron chi connectivity index (χ3n) is 5.14. The van der Waals surface area contributed by atoms with Crippen LogP contribution >= 0.6 is 0 Å². The summed E-state index contributed by atoms with van der Waals surface area (Å²) in [5, 5.41) is 1.91. The predicted octanol–water partition coefficient (Wildman–Crippen LogP) is 6.49. The van der Waals surface area contributed by atoms with Crippen molar-refractivity contribution in [2.45, 2.75) is 53.8 Å². The van der Waals surface area contributed by atoms with Gasteiger partial charge < -0.3 is 4.42 Å². The number of hydrogen-bond donors (Lipinski definition) is 0. The van der Waals surface area contributed by atoms with Gasteiger partial charge in [-0.1, -0.05) is 46.8 Å². The van der Waals surface area contributed by atoms with E-state index in [1.165, 1.54) is 0 Å². The van der Waals surface area contributed by atoms with Gasteiger partial charge >= 0.3 is 0 Å². The normalized spacial score (nSPS) is 14.8. The Balaban J connectivity index is 1.94. The van der Waals surface area contributed by atoms with Gasteiger partial charge in [0.05, 0.1) is 5.56 Å². The number of nitrogens with zero attached hydrogens (tertiary/aromatic N) is 2. The van der Waals surface area contributed by atoms with Crippen LogP contribution < -0.4 is 4.57 Å². The molecular weight excluding hydrogens is 356 g/mol. The number of hydrogen-bond acceptors (Lipinski definition) is 2. The summed E-state index contributed by atoms with van der Waals surface area (Å²) in [7, 11) is 1.94. The zero-order valence-electron chi connectivity index (χ0n) is 21.3. The minimum absolute atomic E-state index is 0.523. The van der Waals surface area contributed by atoms with Gasteiger partial charge in [-0.3, -0.25) is 0 Å². The van der Waals surface area contributed by atoms with E-state index in [1.807, 2.05) is 76.7 Å². The Morgan fingerprint density at radius 2 is 1.83 bits per heavy atom. The van der Waals surface area contributed by atoms with E-state index in [-0.39, 0.29) is 0 Å². The summed E-state index contributed by atoms with van der Waals surface area (Å²) in [6.07, 6.45) is 0.410. The lowest BCUT2D eigenvalue weighted by molar-refractivity contribution is -0.660. The zero-order chi connectivity index (χ0) is 23.6. The fourth-order valence-corrected chi connectivity index (χ4v) is 3.79. The highest BCUT2D eigenvalue weighted by Crippen LogP contribution is 2.36. The first-order valence-corrected chi connectivity index (χ1v) is 10.1. The smallest absolute Gasteiger partial charge is 0.227 e. The van der Waals surface area contributed by atoms with Gasteiger partial charge in [0.2, 0.25) is 11.4 Å². The van der Waals surface area contributed by atoms with E-state index in [1.54, 1.807) is 0 Å². The summed E-state index contributed by atoms with van der Waals surface area (Å²) in [6.45, 7) is 11.4. The molecule has 0 radical (unpaired) electrons. The third kappa shape index (κ3) is 3.66. The van der Waals surface area contributed by atoms with Gasteiger partial charge in [-0.25, -0.2) is 9.55 Å². The monoisotopic (exact) mass is 390 g/mol. The summed E-state index contributed by atoms with van der Waals surface area (Å²) in [6, 6.07) is 11.9. The maximum absolute atomic E-state index is 8.62. The Morgan fingerprint density at radius 1 is 1.10 bits per heavy atom. The number of aromatic nitrogens is 2. The largest absolute Gasteiger partial charge is 0.437 e. The lowest BCUT2D eigenvalue weighted by Gasteiger charge is -2.17. The molecule has 0 aliphatic rings. The molecule has 3 heteroatoms. The quantitative estimate of drug-likeness (QED) is 0.374. The summed E-state index contributed by atoms with van der Waals surface area (Å²) < 4.78 is 33.8. The first kappa shape index (κ1) is 16.2. The van der Waals surface area contributed by atoms with Crippen LogP contribution in [0.25, 0.3) is 33.3 Å². The highest BCUT2D eigenvalue weighted by Gasteiger charge is 2.22. The number of benzene rings is 1. The van der Waals surface area contributed by atoms with Crippen LogP contribution in [0, 0.1) is 12.3 Å². The van der Waals surface area contributed by atoms with Crippen molar-refractivity contribution < 1.29 is 13.1 Å². The first-order chi connectivity index (χ1) is 14.7. The first-order valence-electron chi connectivity index (χ1n) is 11.6. The Morgan fingerprint density at radius 3 is 2.48 bits per heavy atom. The van der Waals surface area contributed by atoms with Gasteiger partial charge in [0, 0.05) is 32.2 Å². The average Bonchev–Trinajstić information content (AvgIpc) is 3.04. The topological polar surface area (TPSA) is 29.9 Å². The summed E-state index contributed by atoms with van der Waals surface area (Å²) in [5.74, 6) is -0.805. The number of rotatable bonds is 3. The van der Waals surface area contributed by atoms with E-state index in [4.69, 9.17) is 8.53 Å². The molecule has 0 saturated heterocycles. The van der Waals surface area contributed by atoms with E-state index >= 15 is 0 Å². The van der Waals surface area contributed by atoms with Gasteiger partial charge in [0.25, 0.3) is 0 Å². The van der Waals surface area contributed by atoms with E-state index in [2.05, 4.69) is 24.0 Å². The third-order valence-corrected chi connectivity index (χ3v) is 5.14. The lowest BCUT2D eigenvalue weighted by Crippen LogP contribution is -2.32. The van der Waals surface area contributed by atoms with Crippen molar-refractivity contribution in [3.63, 3.8) is 0 Å². The fourth-order valence-electron chi connectivity index (χ4n) is 3.79. The van der Waals surface area contributed by atoms with Crippen molar-refractivity contribution in [3.8, 4) is 11.3 Å². The van der Waals surface area contributed by atoms with E-state index in [0.29, 0.717) is 17.0 Å². The number of pyridine rings is 2. The molecule has 0 bridgehead atoms. The van der Waals surface area contributed by atoms with Crippen LogP contribution in [0.4, 0.5) is 0 Å². The van der Waals surface area contributed by atoms with Crippen LogP contribution in [-0.2, 0) is 13.4 Å². The SMILES string of the molecule is [2H]C(C)(C)c1ccc2c(n1)oc1c(-c3ccc(C([2H])([2H])C(C)(C)C)c[n+]3C)c(C)ccc12. The zero-order valence-corrected chi connectivity index (χ0v) is 18.3. The Kier molecular flexibility index (Phi) is 3.89. The molecule has 0 aliphatic carbocycles. The molecule has 3 nitrogen and oxygen atoms in total. The molecule has 3 heterocycles. The minimum atomic E-state index is -1.47. The molecule has 0 spiro atoms. The van der Waals surface area contributed by atoms with Gasteiger partial charge in [0.1, 0.15) is 7.05 Å². The maximum atomic E-state index is 8.62. The van der Waals surface area contributed by atoms with Crippen LogP contribution in [-0.4, -0.2) is 4.98 Å². The predicted molar refractivity (Wildman–Crippen MR) is 120 cm³/mol. The molecule has 0 fully saturated rings.